The lowest BCUT2D eigenvalue weighted by atomic mass is 10.1. The fourth-order valence-electron chi connectivity index (χ4n) is 4.20. The number of rotatable bonds is 31. The standard InChI is InChI=1S/C36H62NO8P/c1-3-5-7-9-11-13-15-17-19-21-23-25-27-29-36(39)45-34(33-44-46(40,41)43-31-30-37)32-42-35(38)28-26-24-22-20-18-16-14-12-10-8-6-4-2/h5-9,11-15,34H,3-4,10,16-33,37H2,1-2H3,(H,40,41)/b7-5+,8-6+,11-9+,14-12+,15-13+. The summed E-state index contributed by atoms with van der Waals surface area (Å²) >= 11 is 0. The second-order valence-corrected chi connectivity index (χ2v) is 12.5. The van der Waals surface area contributed by atoms with Gasteiger partial charge in [0.2, 0.25) is 0 Å². The van der Waals surface area contributed by atoms with Gasteiger partial charge in [-0.2, -0.15) is 0 Å². The molecule has 0 aromatic heterocycles. The Morgan fingerprint density at radius 3 is 1.89 bits per heavy atom. The quantitative estimate of drug-likeness (QED) is 0.0244. The van der Waals surface area contributed by atoms with Gasteiger partial charge in [-0.05, 0) is 57.8 Å². The Labute approximate surface area is 279 Å². The molecule has 10 heteroatoms. The number of nitrogens with two attached hydrogens (primary N) is 1. The number of hydrogen-bond acceptors (Lipinski definition) is 8. The minimum Gasteiger partial charge on any atom is -0.462 e. The van der Waals surface area contributed by atoms with Gasteiger partial charge < -0.3 is 20.1 Å². The second kappa shape index (κ2) is 32.6. The van der Waals surface area contributed by atoms with Crippen molar-refractivity contribution in [3.05, 3.63) is 60.8 Å². The van der Waals surface area contributed by atoms with E-state index in [2.05, 4.69) is 56.4 Å². The average Bonchev–Trinajstić information content (AvgIpc) is 3.04. The van der Waals surface area contributed by atoms with Gasteiger partial charge in [0.25, 0.3) is 0 Å². The lowest BCUT2D eigenvalue weighted by molar-refractivity contribution is -0.161. The molecule has 0 aromatic carbocycles. The number of unbranched alkanes of at least 4 members (excludes halogenated alkanes) is 10. The second-order valence-electron chi connectivity index (χ2n) is 11.0. The van der Waals surface area contributed by atoms with E-state index in [-0.39, 0.29) is 32.6 Å². The molecule has 0 aliphatic heterocycles. The zero-order valence-corrected chi connectivity index (χ0v) is 29.4. The van der Waals surface area contributed by atoms with Crippen LogP contribution in [0, 0.1) is 0 Å². The van der Waals surface area contributed by atoms with E-state index in [1.54, 1.807) is 0 Å². The topological polar surface area (TPSA) is 134 Å². The summed E-state index contributed by atoms with van der Waals surface area (Å²) < 4.78 is 32.5. The summed E-state index contributed by atoms with van der Waals surface area (Å²) in [7, 11) is -4.38. The van der Waals surface area contributed by atoms with Gasteiger partial charge >= 0.3 is 19.8 Å². The van der Waals surface area contributed by atoms with Gasteiger partial charge in [-0.1, -0.05) is 113 Å². The molecule has 0 aliphatic carbocycles. The van der Waals surface area contributed by atoms with E-state index in [0.29, 0.717) is 12.8 Å². The Kier molecular flexibility index (Phi) is 31.0. The molecular weight excluding hydrogens is 605 g/mol. The summed E-state index contributed by atoms with van der Waals surface area (Å²) in [4.78, 5) is 34.6. The predicted octanol–water partition coefficient (Wildman–Crippen LogP) is 8.99. The van der Waals surface area contributed by atoms with Gasteiger partial charge in [0.05, 0.1) is 13.2 Å². The van der Waals surface area contributed by atoms with E-state index in [0.717, 1.165) is 83.5 Å². The van der Waals surface area contributed by atoms with E-state index >= 15 is 0 Å². The van der Waals surface area contributed by atoms with Crippen LogP contribution in [0.4, 0.5) is 0 Å². The number of esters is 2. The van der Waals surface area contributed by atoms with E-state index < -0.39 is 32.5 Å². The third kappa shape index (κ3) is 31.7. The number of phosphoric acid groups is 1. The molecule has 3 N–H and O–H groups in total. The molecule has 264 valence electrons. The Hall–Kier alpha value is -2.29. The Bertz CT molecular complexity index is 944. The minimum absolute atomic E-state index is 0.0446. The Balaban J connectivity index is 4.35. The summed E-state index contributed by atoms with van der Waals surface area (Å²) in [5, 5.41) is 0. The highest BCUT2D eigenvalue weighted by Gasteiger charge is 2.25. The van der Waals surface area contributed by atoms with Crippen molar-refractivity contribution in [2.45, 2.75) is 129 Å². The highest BCUT2D eigenvalue weighted by molar-refractivity contribution is 7.47. The predicted molar refractivity (Wildman–Crippen MR) is 187 cm³/mol. The molecule has 0 spiro atoms. The van der Waals surface area contributed by atoms with Gasteiger partial charge in [0, 0.05) is 19.4 Å². The van der Waals surface area contributed by atoms with E-state index in [9.17, 15) is 19.0 Å². The molecule has 9 nitrogen and oxygen atoms in total. The lowest BCUT2D eigenvalue weighted by Crippen LogP contribution is -2.29. The fraction of sp³-hybridized carbons (Fsp3) is 0.667. The van der Waals surface area contributed by atoms with Crippen molar-refractivity contribution in [3.8, 4) is 0 Å². The third-order valence-electron chi connectivity index (χ3n) is 6.71. The molecule has 0 saturated carbocycles. The van der Waals surface area contributed by atoms with Crippen LogP contribution in [-0.2, 0) is 32.7 Å². The summed E-state index contributed by atoms with van der Waals surface area (Å²) in [6.45, 7) is 3.40. The van der Waals surface area contributed by atoms with Gasteiger partial charge in [0.15, 0.2) is 6.10 Å². The van der Waals surface area contributed by atoms with Crippen LogP contribution in [0.1, 0.15) is 123 Å². The highest BCUT2D eigenvalue weighted by atomic mass is 31.2. The molecule has 0 amide bonds. The van der Waals surface area contributed by atoms with E-state index in [4.69, 9.17) is 24.3 Å². The first-order valence-corrected chi connectivity index (χ1v) is 18.8. The largest absolute Gasteiger partial charge is 0.472 e. The summed E-state index contributed by atoms with van der Waals surface area (Å²) in [6, 6.07) is 0. The molecule has 0 radical (unpaired) electrons. The van der Waals surface area contributed by atoms with Crippen molar-refractivity contribution in [1.82, 2.24) is 0 Å². The third-order valence-corrected chi connectivity index (χ3v) is 7.69. The van der Waals surface area contributed by atoms with Crippen LogP contribution >= 0.6 is 7.82 Å². The van der Waals surface area contributed by atoms with Crippen molar-refractivity contribution in [2.75, 3.05) is 26.4 Å². The smallest absolute Gasteiger partial charge is 0.462 e. The maximum atomic E-state index is 12.5. The summed E-state index contributed by atoms with van der Waals surface area (Å²) in [5.74, 6) is -0.880. The first-order valence-electron chi connectivity index (χ1n) is 17.3. The molecule has 2 atom stereocenters. The maximum Gasteiger partial charge on any atom is 0.472 e. The molecule has 0 fully saturated rings. The number of allylic oxidation sites excluding steroid dienone is 10. The van der Waals surface area contributed by atoms with Crippen molar-refractivity contribution in [3.63, 3.8) is 0 Å². The van der Waals surface area contributed by atoms with Crippen LogP contribution in [0.5, 0.6) is 0 Å². The number of carbonyl (C=O) groups excluding carboxylic acids is 2. The van der Waals surface area contributed by atoms with Crippen molar-refractivity contribution >= 4 is 19.8 Å². The molecular formula is C36H62NO8P. The first kappa shape index (κ1) is 43.7. The van der Waals surface area contributed by atoms with Gasteiger partial charge in [0.1, 0.15) is 6.61 Å². The van der Waals surface area contributed by atoms with Crippen LogP contribution in [-0.4, -0.2) is 49.3 Å². The number of phosphoric ester groups is 1. The molecule has 0 bridgehead atoms. The molecule has 0 aliphatic rings. The minimum atomic E-state index is -4.38. The lowest BCUT2D eigenvalue weighted by Gasteiger charge is -2.19. The van der Waals surface area contributed by atoms with Crippen LogP contribution < -0.4 is 5.73 Å². The zero-order valence-electron chi connectivity index (χ0n) is 28.5. The Morgan fingerprint density at radius 1 is 0.674 bits per heavy atom. The van der Waals surface area contributed by atoms with Crippen molar-refractivity contribution in [2.24, 2.45) is 5.73 Å². The van der Waals surface area contributed by atoms with Gasteiger partial charge in [-0.3, -0.25) is 18.6 Å². The zero-order chi connectivity index (χ0) is 34.0. The average molecular weight is 668 g/mol. The Morgan fingerprint density at radius 2 is 1.24 bits per heavy atom. The van der Waals surface area contributed by atoms with Crippen LogP contribution in [0.2, 0.25) is 0 Å². The normalized spacial score (nSPS) is 14.3. The number of carbonyl (C=O) groups is 2. The molecule has 0 aromatic rings. The van der Waals surface area contributed by atoms with Crippen LogP contribution in [0.25, 0.3) is 0 Å². The summed E-state index contributed by atoms with van der Waals surface area (Å²) in [5.41, 5.74) is 5.31. The van der Waals surface area contributed by atoms with Crippen molar-refractivity contribution in [1.29, 1.82) is 0 Å². The SMILES string of the molecule is CC/C=C/C=C/C=C/CCCCCCCC(=O)OC(COC(=O)CCCCCCC/C=C/C/C=C/CC)COP(=O)(O)OCCN. The fourth-order valence-corrected chi connectivity index (χ4v) is 4.96. The monoisotopic (exact) mass is 667 g/mol. The molecule has 46 heavy (non-hydrogen) atoms. The molecule has 0 heterocycles. The van der Waals surface area contributed by atoms with Gasteiger partial charge in [-0.15, -0.1) is 0 Å². The molecule has 0 saturated heterocycles. The van der Waals surface area contributed by atoms with E-state index in [1.807, 2.05) is 18.2 Å². The van der Waals surface area contributed by atoms with Crippen LogP contribution in [0.15, 0.2) is 60.8 Å². The molecule has 2 unspecified atom stereocenters. The van der Waals surface area contributed by atoms with E-state index in [1.165, 1.54) is 0 Å². The summed E-state index contributed by atoms with van der Waals surface area (Å²) in [6.07, 6.45) is 35.4. The van der Waals surface area contributed by atoms with Crippen molar-refractivity contribution < 1.29 is 37.6 Å². The number of ether oxygens (including phenoxy) is 2. The van der Waals surface area contributed by atoms with Crippen LogP contribution in [0.3, 0.4) is 0 Å². The number of hydrogen-bond donors (Lipinski definition) is 2. The van der Waals surface area contributed by atoms with Gasteiger partial charge in [-0.25, -0.2) is 4.57 Å². The first-order chi connectivity index (χ1) is 22.3. The maximum absolute atomic E-state index is 12.5. The highest BCUT2D eigenvalue weighted by Crippen LogP contribution is 2.43. The molecule has 0 rings (SSSR count).